The van der Waals surface area contributed by atoms with Crippen LogP contribution in [-0.2, 0) is 6.54 Å². The van der Waals surface area contributed by atoms with Crippen LogP contribution in [0.15, 0.2) is 40.3 Å². The molecule has 1 saturated heterocycles. The molecule has 3 heterocycles. The summed E-state index contributed by atoms with van der Waals surface area (Å²) in [6.07, 6.45) is 4.02. The van der Waals surface area contributed by atoms with Crippen LogP contribution in [0.4, 0.5) is 0 Å². The summed E-state index contributed by atoms with van der Waals surface area (Å²) in [5, 5.41) is 8.80. The molecule has 0 bridgehead atoms. The lowest BCUT2D eigenvalue weighted by molar-refractivity contribution is 0.227. The Labute approximate surface area is 218 Å². The number of halogens is 3. The second kappa shape index (κ2) is 10.7. The molecule has 2 aliphatic rings. The van der Waals surface area contributed by atoms with E-state index in [1.807, 2.05) is 28.4 Å². The van der Waals surface area contributed by atoms with Crippen molar-refractivity contribution in [2.45, 2.75) is 25.3 Å². The number of nitrogens with one attached hydrogen (secondary N) is 1. The second-order valence-corrected chi connectivity index (χ2v) is 10.4. The number of aromatic nitrogens is 2. The number of piperidine rings is 1. The molecule has 0 radical (unpaired) electrons. The number of hydrogen-bond donors (Lipinski definition) is 2. The molecule has 0 spiro atoms. The van der Waals surface area contributed by atoms with E-state index in [0.29, 0.717) is 40.0 Å². The van der Waals surface area contributed by atoms with Crippen LogP contribution in [0.25, 0.3) is 5.70 Å². The van der Waals surface area contributed by atoms with Gasteiger partial charge >= 0.3 is 0 Å². The van der Waals surface area contributed by atoms with Crippen LogP contribution in [0, 0.1) is 0 Å². The summed E-state index contributed by atoms with van der Waals surface area (Å²) in [6, 6.07) is 5.50. The van der Waals surface area contributed by atoms with Gasteiger partial charge in [0.25, 0.3) is 0 Å². The molecule has 11 heteroatoms. The highest BCUT2D eigenvalue weighted by Crippen LogP contribution is 2.30. The first-order valence-corrected chi connectivity index (χ1v) is 12.6. The Morgan fingerprint density at radius 2 is 2.03 bits per heavy atom. The fourth-order valence-corrected chi connectivity index (χ4v) is 4.92. The Hall–Kier alpha value is -1.69. The van der Waals surface area contributed by atoms with E-state index in [1.54, 1.807) is 6.07 Å². The van der Waals surface area contributed by atoms with Gasteiger partial charge in [0.15, 0.2) is 0 Å². The summed E-state index contributed by atoms with van der Waals surface area (Å²) in [6.45, 7) is 4.22. The topological polar surface area (TPSA) is 86.7 Å². The second-order valence-electron chi connectivity index (χ2n) is 8.36. The average Bonchev–Trinajstić information content (AvgIpc) is 3.29. The van der Waals surface area contributed by atoms with Gasteiger partial charge in [0.2, 0.25) is 11.7 Å². The van der Waals surface area contributed by atoms with Crippen LogP contribution in [-0.4, -0.2) is 63.3 Å². The highest BCUT2D eigenvalue weighted by atomic mass is 127. The largest absolute Gasteiger partial charge is 0.385 e. The van der Waals surface area contributed by atoms with E-state index in [0.717, 1.165) is 56.0 Å². The maximum Gasteiger partial charge on any atom is 0.230 e. The zero-order chi connectivity index (χ0) is 23.5. The molecule has 0 aliphatic carbocycles. The molecular formula is C22H28Cl2IN7O. The number of allylic oxidation sites excluding steroid dienone is 1. The Morgan fingerprint density at radius 3 is 2.76 bits per heavy atom. The van der Waals surface area contributed by atoms with E-state index in [1.165, 1.54) is 0 Å². The predicted octanol–water partition coefficient (Wildman–Crippen LogP) is 4.04. The summed E-state index contributed by atoms with van der Waals surface area (Å²) in [4.78, 5) is 9.22. The third-order valence-electron chi connectivity index (χ3n) is 6.10. The van der Waals surface area contributed by atoms with Crippen LogP contribution in [0.3, 0.4) is 0 Å². The van der Waals surface area contributed by atoms with Crippen molar-refractivity contribution in [3.63, 3.8) is 0 Å². The zero-order valence-electron chi connectivity index (χ0n) is 18.7. The van der Waals surface area contributed by atoms with Crippen molar-refractivity contribution in [3.8, 4) is 0 Å². The number of hydrogen-bond acceptors (Lipinski definition) is 8. The molecule has 1 fully saturated rings. The molecule has 0 unspecified atom stereocenters. The van der Waals surface area contributed by atoms with Crippen LogP contribution in [0.2, 0.25) is 10.0 Å². The van der Waals surface area contributed by atoms with Gasteiger partial charge in [-0.25, -0.2) is 0 Å². The van der Waals surface area contributed by atoms with E-state index in [4.69, 9.17) is 38.4 Å². The van der Waals surface area contributed by atoms with Gasteiger partial charge in [-0.05, 0) is 62.8 Å². The standard InChI is InChI=1S/C22H28Cl2IN7O/c1-27-18(21-28-22(33-29-21)14-5-7-30(2)8-6-14)12-19-20(26)32(25)10-9-31(19)13-15-11-16(23)3-4-17(15)24/h3-4,11-12,14,27H,5-10,13,26H2,1-2H3/b18-12-. The molecule has 1 aromatic heterocycles. The lowest BCUT2D eigenvalue weighted by Gasteiger charge is -2.35. The van der Waals surface area contributed by atoms with Crippen molar-refractivity contribution in [1.29, 1.82) is 0 Å². The van der Waals surface area contributed by atoms with Gasteiger partial charge in [0.05, 0.1) is 34.3 Å². The Balaban J connectivity index is 1.61. The van der Waals surface area contributed by atoms with Gasteiger partial charge < -0.3 is 25.4 Å². The van der Waals surface area contributed by atoms with Gasteiger partial charge in [0.1, 0.15) is 5.82 Å². The Morgan fingerprint density at radius 1 is 1.27 bits per heavy atom. The lowest BCUT2D eigenvalue weighted by Crippen LogP contribution is -2.39. The van der Waals surface area contributed by atoms with E-state index < -0.39 is 0 Å². The molecule has 178 valence electrons. The predicted molar refractivity (Wildman–Crippen MR) is 140 cm³/mol. The van der Waals surface area contributed by atoms with E-state index in [2.05, 4.69) is 50.2 Å². The smallest absolute Gasteiger partial charge is 0.230 e. The molecule has 0 saturated carbocycles. The molecule has 33 heavy (non-hydrogen) atoms. The van der Waals surface area contributed by atoms with Crippen molar-refractivity contribution >= 4 is 51.8 Å². The summed E-state index contributed by atoms with van der Waals surface area (Å²) >= 11 is 14.9. The maximum absolute atomic E-state index is 6.51. The molecule has 0 atom stereocenters. The normalized spacial score (nSPS) is 18.9. The number of nitrogens with zero attached hydrogens (tertiary/aromatic N) is 5. The van der Waals surface area contributed by atoms with Gasteiger partial charge in [0, 0.05) is 42.6 Å². The van der Waals surface area contributed by atoms with Crippen molar-refractivity contribution in [2.75, 3.05) is 40.3 Å². The molecule has 0 amide bonds. The summed E-state index contributed by atoms with van der Waals surface area (Å²) in [7, 11) is 3.98. The first-order chi connectivity index (χ1) is 15.9. The fourth-order valence-electron chi connectivity index (χ4n) is 4.09. The third-order valence-corrected chi connectivity index (χ3v) is 7.71. The number of benzene rings is 1. The molecule has 2 aromatic rings. The summed E-state index contributed by atoms with van der Waals surface area (Å²) in [5.41, 5.74) is 9.05. The number of likely N-dealkylation sites (tertiary alicyclic amines) is 1. The van der Waals surface area contributed by atoms with Crippen LogP contribution in [0.5, 0.6) is 0 Å². The Bertz CT molecular complexity index is 1050. The highest BCUT2D eigenvalue weighted by molar-refractivity contribution is 14.1. The minimum Gasteiger partial charge on any atom is -0.385 e. The van der Waals surface area contributed by atoms with Gasteiger partial charge in [-0.1, -0.05) is 28.4 Å². The van der Waals surface area contributed by atoms with Crippen LogP contribution >= 0.6 is 46.1 Å². The SMILES string of the molecule is CN/C(=C\C1=C(N)N(I)CCN1Cc1cc(Cl)ccc1Cl)c1noc(C2CCN(C)CC2)n1. The molecular weight excluding hydrogens is 576 g/mol. The fraction of sp³-hybridized carbons (Fsp3) is 0.455. The van der Waals surface area contributed by atoms with Gasteiger partial charge in [-0.15, -0.1) is 0 Å². The van der Waals surface area contributed by atoms with E-state index >= 15 is 0 Å². The van der Waals surface area contributed by atoms with Gasteiger partial charge in [-0.3, -0.25) is 3.11 Å². The third kappa shape index (κ3) is 5.70. The number of nitrogens with two attached hydrogens (primary N) is 1. The van der Waals surface area contributed by atoms with E-state index in [-0.39, 0.29) is 0 Å². The van der Waals surface area contributed by atoms with Crippen LogP contribution < -0.4 is 11.1 Å². The average molecular weight is 604 g/mol. The molecule has 4 rings (SSSR count). The summed E-state index contributed by atoms with van der Waals surface area (Å²) in [5.74, 6) is 2.18. The quantitative estimate of drug-likeness (QED) is 0.378. The monoisotopic (exact) mass is 603 g/mol. The van der Waals surface area contributed by atoms with Crippen molar-refractivity contribution in [2.24, 2.45) is 5.73 Å². The highest BCUT2D eigenvalue weighted by Gasteiger charge is 2.26. The van der Waals surface area contributed by atoms with Crippen molar-refractivity contribution in [1.82, 2.24) is 28.4 Å². The van der Waals surface area contributed by atoms with E-state index in [9.17, 15) is 0 Å². The zero-order valence-corrected chi connectivity index (χ0v) is 22.4. The first-order valence-electron chi connectivity index (χ1n) is 10.9. The van der Waals surface area contributed by atoms with Crippen molar-refractivity contribution in [3.05, 3.63) is 63.1 Å². The first kappa shape index (κ1) is 24.4. The molecule has 3 N–H and O–H groups in total. The van der Waals surface area contributed by atoms with Crippen molar-refractivity contribution < 1.29 is 4.52 Å². The van der Waals surface area contributed by atoms with Crippen LogP contribution in [0.1, 0.15) is 36.0 Å². The van der Waals surface area contributed by atoms with Gasteiger partial charge in [-0.2, -0.15) is 4.98 Å². The minimum absolute atomic E-state index is 0.297. The molecule has 8 nitrogen and oxygen atoms in total. The molecule has 2 aliphatic heterocycles. The molecule has 1 aromatic carbocycles. The summed E-state index contributed by atoms with van der Waals surface area (Å²) < 4.78 is 7.65. The lowest BCUT2D eigenvalue weighted by atomic mass is 9.97. The number of rotatable bonds is 6. The maximum atomic E-state index is 6.51. The minimum atomic E-state index is 0.297. The Kier molecular flexibility index (Phi) is 7.93.